The van der Waals surface area contributed by atoms with E-state index in [9.17, 15) is 4.79 Å². The number of fused-ring (bicyclic) bond motifs is 1. The van der Waals surface area contributed by atoms with Gasteiger partial charge in [-0.05, 0) is 29.2 Å². The van der Waals surface area contributed by atoms with Gasteiger partial charge in [-0.3, -0.25) is 4.79 Å². The third-order valence-corrected chi connectivity index (χ3v) is 5.29. The van der Waals surface area contributed by atoms with Crippen LogP contribution in [0.25, 0.3) is 0 Å². The first-order valence-electron chi connectivity index (χ1n) is 7.97. The molecule has 2 aromatic carbocycles. The highest BCUT2D eigenvalue weighted by molar-refractivity contribution is 7.99. The molecule has 1 aliphatic rings. The first kappa shape index (κ1) is 18.8. The van der Waals surface area contributed by atoms with Gasteiger partial charge < -0.3 is 10.6 Å². The molecule has 0 fully saturated rings. The highest BCUT2D eigenvalue weighted by Gasteiger charge is 2.14. The summed E-state index contributed by atoms with van der Waals surface area (Å²) >= 11 is 1.67. The minimum Gasteiger partial charge on any atom is -0.351 e. The van der Waals surface area contributed by atoms with Gasteiger partial charge in [-0.25, -0.2) is 0 Å². The van der Waals surface area contributed by atoms with E-state index in [-0.39, 0.29) is 23.6 Å². The van der Waals surface area contributed by atoms with Crippen molar-refractivity contribution in [3.05, 3.63) is 70.8 Å². The molecule has 3 nitrogen and oxygen atoms in total. The van der Waals surface area contributed by atoms with E-state index in [4.69, 9.17) is 0 Å². The second-order valence-electron chi connectivity index (χ2n) is 5.86. The molecule has 5 heteroatoms. The SMILES string of the molecule is CC(SCc1ccccc1)C(=O)NCc1ccc2c(c1)CNC2.Cl. The van der Waals surface area contributed by atoms with Gasteiger partial charge >= 0.3 is 0 Å². The van der Waals surface area contributed by atoms with Gasteiger partial charge in [0.25, 0.3) is 0 Å². The molecule has 0 bridgehead atoms. The Kier molecular flexibility index (Phi) is 7.16. The van der Waals surface area contributed by atoms with E-state index >= 15 is 0 Å². The molecule has 1 amide bonds. The molecule has 3 rings (SSSR count). The fourth-order valence-corrected chi connectivity index (χ4v) is 3.53. The zero-order chi connectivity index (χ0) is 16.1. The minimum atomic E-state index is -0.0497. The van der Waals surface area contributed by atoms with E-state index in [0.29, 0.717) is 6.54 Å². The van der Waals surface area contributed by atoms with Gasteiger partial charge in [0.1, 0.15) is 0 Å². The van der Waals surface area contributed by atoms with Gasteiger partial charge in [0, 0.05) is 25.4 Å². The Morgan fingerprint density at radius 3 is 2.67 bits per heavy atom. The fraction of sp³-hybridized carbons (Fsp3) is 0.316. The van der Waals surface area contributed by atoms with Crippen LogP contribution < -0.4 is 10.6 Å². The van der Waals surface area contributed by atoms with Crippen LogP contribution in [0, 0.1) is 0 Å². The van der Waals surface area contributed by atoms with Gasteiger partial charge in [-0.1, -0.05) is 48.5 Å². The van der Waals surface area contributed by atoms with Crippen LogP contribution >= 0.6 is 24.2 Å². The summed E-state index contributed by atoms with van der Waals surface area (Å²) in [5.41, 5.74) is 5.14. The molecule has 1 unspecified atom stereocenters. The molecular formula is C19H23ClN2OS. The number of carbonyl (C=O) groups excluding carboxylic acids is 1. The Morgan fingerprint density at radius 1 is 1.12 bits per heavy atom. The lowest BCUT2D eigenvalue weighted by molar-refractivity contribution is -0.120. The molecule has 24 heavy (non-hydrogen) atoms. The van der Waals surface area contributed by atoms with Gasteiger partial charge in [0.15, 0.2) is 0 Å². The molecule has 0 spiro atoms. The van der Waals surface area contributed by atoms with Crippen molar-refractivity contribution in [2.24, 2.45) is 0 Å². The Morgan fingerprint density at radius 2 is 1.88 bits per heavy atom. The third-order valence-electron chi connectivity index (χ3n) is 4.08. The molecule has 2 N–H and O–H groups in total. The lowest BCUT2D eigenvalue weighted by Gasteiger charge is -2.12. The number of amides is 1. The number of halogens is 1. The van der Waals surface area contributed by atoms with Crippen molar-refractivity contribution in [3.8, 4) is 0 Å². The van der Waals surface area contributed by atoms with Gasteiger partial charge in [-0.2, -0.15) is 0 Å². The molecule has 0 radical (unpaired) electrons. The summed E-state index contributed by atoms with van der Waals surface area (Å²) in [5.74, 6) is 0.962. The summed E-state index contributed by atoms with van der Waals surface area (Å²) in [5, 5.41) is 6.34. The van der Waals surface area contributed by atoms with Crippen molar-refractivity contribution in [1.82, 2.24) is 10.6 Å². The number of hydrogen-bond donors (Lipinski definition) is 2. The molecule has 0 saturated carbocycles. The zero-order valence-corrected chi connectivity index (χ0v) is 15.4. The topological polar surface area (TPSA) is 41.1 Å². The van der Waals surface area contributed by atoms with E-state index in [1.54, 1.807) is 11.8 Å². The predicted octanol–water partition coefficient (Wildman–Crippen LogP) is 3.65. The number of hydrogen-bond acceptors (Lipinski definition) is 3. The standard InChI is InChI=1S/C19H22N2OS.ClH/c1-14(23-13-15-5-3-2-4-6-15)19(22)21-10-16-7-8-17-11-20-12-18(17)9-16;/h2-9,14,20H,10-13H2,1H3,(H,21,22);1H. The van der Waals surface area contributed by atoms with Crippen molar-refractivity contribution < 1.29 is 4.79 Å². The van der Waals surface area contributed by atoms with Crippen molar-refractivity contribution in [2.45, 2.75) is 37.6 Å². The first-order valence-corrected chi connectivity index (χ1v) is 9.02. The molecule has 0 aromatic heterocycles. The Hall–Kier alpha value is -1.49. The average Bonchev–Trinajstić information content (AvgIpc) is 3.06. The van der Waals surface area contributed by atoms with Crippen molar-refractivity contribution in [3.63, 3.8) is 0 Å². The fourth-order valence-electron chi connectivity index (χ4n) is 2.66. The maximum atomic E-state index is 12.2. The lowest BCUT2D eigenvalue weighted by atomic mass is 10.1. The molecule has 128 valence electrons. The van der Waals surface area contributed by atoms with Crippen molar-refractivity contribution in [2.75, 3.05) is 0 Å². The summed E-state index contributed by atoms with van der Waals surface area (Å²) < 4.78 is 0. The maximum absolute atomic E-state index is 12.2. The van der Waals surface area contributed by atoms with Gasteiger partial charge in [0.05, 0.1) is 5.25 Å². The highest BCUT2D eigenvalue weighted by atomic mass is 35.5. The van der Waals surface area contributed by atoms with Crippen molar-refractivity contribution in [1.29, 1.82) is 0 Å². The van der Waals surface area contributed by atoms with E-state index < -0.39 is 0 Å². The Bertz CT molecular complexity index is 678. The number of carbonyl (C=O) groups is 1. The molecule has 0 saturated heterocycles. The summed E-state index contributed by atoms with van der Waals surface area (Å²) in [7, 11) is 0. The third kappa shape index (κ3) is 5.00. The number of thioether (sulfide) groups is 1. The second kappa shape index (κ2) is 9.11. The summed E-state index contributed by atoms with van der Waals surface area (Å²) in [6.45, 7) is 4.45. The second-order valence-corrected chi connectivity index (χ2v) is 7.19. The van der Waals surface area contributed by atoms with Crippen LogP contribution in [0.4, 0.5) is 0 Å². The number of nitrogens with one attached hydrogen (secondary N) is 2. The van der Waals surface area contributed by atoms with E-state index in [0.717, 1.165) is 18.8 Å². The molecule has 1 heterocycles. The van der Waals surface area contributed by atoms with Crippen LogP contribution in [-0.2, 0) is 30.2 Å². The summed E-state index contributed by atoms with van der Waals surface area (Å²) in [4.78, 5) is 12.2. The van der Waals surface area contributed by atoms with Crippen LogP contribution in [0.3, 0.4) is 0 Å². The maximum Gasteiger partial charge on any atom is 0.233 e. The molecular weight excluding hydrogens is 340 g/mol. The summed E-state index contributed by atoms with van der Waals surface area (Å²) in [6, 6.07) is 16.7. The largest absolute Gasteiger partial charge is 0.351 e. The zero-order valence-electron chi connectivity index (χ0n) is 13.7. The monoisotopic (exact) mass is 362 g/mol. The van der Waals surface area contributed by atoms with Crippen LogP contribution in [0.1, 0.15) is 29.2 Å². The lowest BCUT2D eigenvalue weighted by Crippen LogP contribution is -2.30. The molecule has 1 aliphatic heterocycles. The van der Waals surface area contributed by atoms with Crippen LogP contribution in [-0.4, -0.2) is 11.2 Å². The molecule has 0 aliphatic carbocycles. The highest BCUT2D eigenvalue weighted by Crippen LogP contribution is 2.19. The minimum absolute atomic E-state index is 0. The molecule has 1 atom stereocenters. The smallest absolute Gasteiger partial charge is 0.233 e. The first-order chi connectivity index (χ1) is 11.2. The number of rotatable bonds is 6. The van der Waals surface area contributed by atoms with Gasteiger partial charge in [-0.15, -0.1) is 24.2 Å². The normalized spacial score (nSPS) is 13.7. The van der Waals surface area contributed by atoms with Crippen LogP contribution in [0.15, 0.2) is 48.5 Å². The number of benzene rings is 2. The summed E-state index contributed by atoms with van der Waals surface area (Å²) in [6.07, 6.45) is 0. The van der Waals surface area contributed by atoms with Crippen LogP contribution in [0.5, 0.6) is 0 Å². The van der Waals surface area contributed by atoms with Crippen LogP contribution in [0.2, 0.25) is 0 Å². The van der Waals surface area contributed by atoms with Crippen molar-refractivity contribution >= 4 is 30.1 Å². The quantitative estimate of drug-likeness (QED) is 0.824. The van der Waals surface area contributed by atoms with E-state index in [1.807, 2.05) is 25.1 Å². The van der Waals surface area contributed by atoms with E-state index in [1.165, 1.54) is 22.3 Å². The Balaban J connectivity index is 0.00000208. The average molecular weight is 363 g/mol. The Labute approximate surface area is 154 Å². The molecule has 2 aromatic rings. The van der Waals surface area contributed by atoms with Gasteiger partial charge in [0.2, 0.25) is 5.91 Å². The predicted molar refractivity (Wildman–Crippen MR) is 103 cm³/mol. The van der Waals surface area contributed by atoms with E-state index in [2.05, 4.69) is 41.0 Å².